The summed E-state index contributed by atoms with van der Waals surface area (Å²) < 4.78 is 66.0. The first-order valence-electron chi connectivity index (χ1n) is 20.3. The van der Waals surface area contributed by atoms with Gasteiger partial charge >= 0.3 is 0 Å². The monoisotopic (exact) mass is 782 g/mol. The zero-order valence-electron chi connectivity index (χ0n) is 34.6. The second-order valence-corrected chi connectivity index (χ2v) is 29.4. The Morgan fingerprint density at radius 2 is 0.679 bits per heavy atom. The van der Waals surface area contributed by atoms with Crippen molar-refractivity contribution in [2.24, 2.45) is 0 Å². The third-order valence-corrected chi connectivity index (χ3v) is 26.6. The average Bonchev–Trinajstić information content (AvgIpc) is 3.12. The van der Waals surface area contributed by atoms with E-state index in [2.05, 4.69) is 106 Å². The largest absolute Gasteiger partial charge is 0.204 e. The summed E-state index contributed by atoms with van der Waals surface area (Å²) in [4.78, 5) is 0. The van der Waals surface area contributed by atoms with Crippen molar-refractivity contribution in [1.82, 2.24) is 0 Å². The average molecular weight is 783 g/mol. The van der Waals surface area contributed by atoms with Crippen molar-refractivity contribution in [2.75, 3.05) is 0 Å². The second-order valence-electron chi connectivity index (χ2n) is 18.2. The second kappa shape index (κ2) is 13.1. The van der Waals surface area contributed by atoms with Gasteiger partial charge in [0, 0.05) is 48.8 Å². The van der Waals surface area contributed by atoms with Crippen molar-refractivity contribution < 1.29 is 17.6 Å². The van der Waals surface area contributed by atoms with Crippen LogP contribution in [0.1, 0.15) is 94.2 Å². The lowest BCUT2D eigenvalue weighted by atomic mass is 9.78. The molecule has 0 N–H and O–H groups in total. The van der Waals surface area contributed by atoms with E-state index in [9.17, 15) is 0 Å². The Morgan fingerprint density at radius 3 is 1.02 bits per heavy atom. The van der Waals surface area contributed by atoms with Gasteiger partial charge in [0.1, 0.15) is 16.1 Å². The van der Waals surface area contributed by atoms with Gasteiger partial charge in [-0.3, -0.25) is 0 Å². The molecule has 8 rings (SSSR count). The summed E-state index contributed by atoms with van der Waals surface area (Å²) in [5.74, 6) is 3.33. The molecule has 0 aliphatic heterocycles. The minimum absolute atomic E-state index is 0.140. The van der Waals surface area contributed by atoms with Crippen molar-refractivity contribution in [1.29, 1.82) is 0 Å². The molecule has 8 aromatic carbocycles. The van der Waals surface area contributed by atoms with Crippen molar-refractivity contribution in [3.05, 3.63) is 82.9 Å². The molecule has 0 saturated carbocycles. The predicted molar refractivity (Wildman–Crippen MR) is 238 cm³/mol. The van der Waals surface area contributed by atoms with Crippen molar-refractivity contribution in [3.8, 4) is 22.9 Å². The number of halogens is 4. The van der Waals surface area contributed by atoms with Crippen LogP contribution in [0.3, 0.4) is 0 Å². The Morgan fingerprint density at radius 1 is 0.375 bits per heavy atom. The third kappa shape index (κ3) is 4.85. The number of hydrogen-bond acceptors (Lipinski definition) is 0. The van der Waals surface area contributed by atoms with Crippen LogP contribution in [0.5, 0.6) is 0 Å². The molecule has 0 saturated heterocycles. The van der Waals surface area contributed by atoms with Gasteiger partial charge in [-0.1, -0.05) is 131 Å². The van der Waals surface area contributed by atoms with Crippen molar-refractivity contribution in [3.63, 3.8) is 0 Å². The molecule has 0 nitrogen and oxygen atoms in total. The zero-order valence-corrected chi connectivity index (χ0v) is 36.6. The van der Waals surface area contributed by atoms with Crippen LogP contribution < -0.4 is 0 Å². The highest BCUT2D eigenvalue weighted by molar-refractivity contribution is 6.91. The van der Waals surface area contributed by atoms with E-state index in [0.717, 1.165) is 32.5 Å². The Hall–Kier alpha value is -4.37. The van der Waals surface area contributed by atoms with Crippen molar-refractivity contribution >= 4 is 91.6 Å². The van der Waals surface area contributed by atoms with Crippen molar-refractivity contribution in [2.45, 2.75) is 116 Å². The summed E-state index contributed by atoms with van der Waals surface area (Å²) in [7, 11) is -4.57. The standard InChI is InChI=1S/C50H50F4Si2/c1-25(2)55(26(3)4,27(5)6)21-19-31-33-15-13-17-35-41(33)47-42-34(31)16-14-18-36(42)46-44-38(24-40(52)50(46)54)32(20-22-56(28(7)8,29(9)10)30(11)12)37-23-39(51)49(53)45(35)43(37)48(44)47/h13-18,23-30H,1-12H3. The Labute approximate surface area is 330 Å². The normalized spacial score (nSPS) is 13.3. The lowest BCUT2D eigenvalue weighted by Gasteiger charge is -2.38. The van der Waals surface area contributed by atoms with Crippen LogP contribution in [0.4, 0.5) is 17.6 Å². The SMILES string of the molecule is CC(C)[Si](C#Cc1c2cccc3c4c(F)c(F)cc5c(C#C[Si](C(C)C)(C(C)C)C(C)C)c6cc(F)c(F)c7c8cccc1c8c(c23)c(c54)c67)(C(C)C)C(C)C. The molecule has 0 spiro atoms. The third-order valence-electron chi connectivity index (χ3n) is 14.0. The number of fused-ring (bicyclic) bond motifs is 2. The molecular formula is C50H50F4Si2. The van der Waals surface area contributed by atoms with Gasteiger partial charge in [0.2, 0.25) is 0 Å². The van der Waals surface area contributed by atoms with Crippen LogP contribution >= 0.6 is 0 Å². The van der Waals surface area contributed by atoms with Gasteiger partial charge in [0.15, 0.2) is 23.3 Å². The Balaban J connectivity index is 1.69. The number of rotatable bonds is 6. The first-order chi connectivity index (χ1) is 26.4. The molecule has 0 aliphatic carbocycles. The molecule has 0 unspecified atom stereocenters. The van der Waals surface area contributed by atoms with Gasteiger partial charge < -0.3 is 0 Å². The number of hydrogen-bond donors (Lipinski definition) is 0. The van der Waals surface area contributed by atoms with Crippen LogP contribution in [0.25, 0.3) is 75.4 Å². The molecule has 0 bridgehead atoms. The molecule has 0 amide bonds. The molecule has 8 aromatic rings. The molecule has 0 radical (unpaired) electrons. The fourth-order valence-corrected chi connectivity index (χ4v) is 22.1. The highest BCUT2D eigenvalue weighted by atomic mass is 28.3. The molecule has 0 heterocycles. The molecule has 56 heavy (non-hydrogen) atoms. The van der Waals surface area contributed by atoms with E-state index in [1.807, 2.05) is 36.4 Å². The maximum absolute atomic E-state index is 16.8. The summed E-state index contributed by atoms with van der Waals surface area (Å²) in [6, 6.07) is 14.1. The predicted octanol–water partition coefficient (Wildman–Crippen LogP) is 15.8. The molecule has 0 atom stereocenters. The lowest BCUT2D eigenvalue weighted by Crippen LogP contribution is -2.43. The summed E-state index contributed by atoms with van der Waals surface area (Å²) >= 11 is 0. The highest BCUT2D eigenvalue weighted by Gasteiger charge is 2.43. The summed E-state index contributed by atoms with van der Waals surface area (Å²) in [5, 5.41) is 7.96. The minimum Gasteiger partial charge on any atom is -0.204 e. The lowest BCUT2D eigenvalue weighted by molar-refractivity contribution is 0.518. The first kappa shape index (κ1) is 38.5. The maximum atomic E-state index is 16.8. The van der Waals surface area contributed by atoms with E-state index in [0.29, 0.717) is 76.5 Å². The Bertz CT molecular complexity index is 2810. The van der Waals surface area contributed by atoms with Gasteiger partial charge in [-0.25, -0.2) is 17.6 Å². The van der Waals surface area contributed by atoms with Gasteiger partial charge in [0.25, 0.3) is 0 Å². The fourth-order valence-electron chi connectivity index (χ4n) is 11.7. The summed E-state index contributed by atoms with van der Waals surface area (Å²) in [5.41, 5.74) is 11.0. The van der Waals surface area contributed by atoms with E-state index in [4.69, 9.17) is 0 Å². The van der Waals surface area contributed by atoms with E-state index in [1.54, 1.807) is 0 Å². The molecule has 0 aliphatic rings. The Kier molecular flexibility index (Phi) is 9.00. The van der Waals surface area contributed by atoms with E-state index >= 15 is 17.6 Å². The summed E-state index contributed by atoms with van der Waals surface area (Å²) in [6.07, 6.45) is 0. The maximum Gasteiger partial charge on any atom is 0.167 e. The van der Waals surface area contributed by atoms with Crippen LogP contribution in [-0.2, 0) is 0 Å². The van der Waals surface area contributed by atoms with E-state index < -0.39 is 39.4 Å². The van der Waals surface area contributed by atoms with Gasteiger partial charge in [0.05, 0.1) is 0 Å². The van der Waals surface area contributed by atoms with Gasteiger partial charge in [-0.15, -0.1) is 11.1 Å². The van der Waals surface area contributed by atoms with Crippen LogP contribution in [0.15, 0.2) is 48.5 Å². The number of benzene rings is 8. The highest BCUT2D eigenvalue weighted by Crippen LogP contribution is 2.54. The minimum atomic E-state index is -2.35. The molecule has 0 aromatic heterocycles. The molecular weight excluding hydrogens is 733 g/mol. The van der Waals surface area contributed by atoms with Crippen LogP contribution in [-0.4, -0.2) is 16.1 Å². The molecule has 286 valence electrons. The van der Waals surface area contributed by atoms with Crippen LogP contribution in [0.2, 0.25) is 33.2 Å². The fraction of sp³-hybridized carbons (Fsp3) is 0.360. The quantitative estimate of drug-likeness (QED) is 0.0518. The van der Waals surface area contributed by atoms with Gasteiger partial charge in [-0.2, -0.15) is 0 Å². The topological polar surface area (TPSA) is 0 Å². The smallest absolute Gasteiger partial charge is 0.167 e. The van der Waals surface area contributed by atoms with E-state index in [-0.39, 0.29) is 10.8 Å². The zero-order chi connectivity index (χ0) is 40.5. The van der Waals surface area contributed by atoms with Gasteiger partial charge in [-0.05, 0) is 83.1 Å². The summed E-state index contributed by atoms with van der Waals surface area (Å²) in [6.45, 7) is 26.9. The molecule has 0 fully saturated rings. The van der Waals surface area contributed by atoms with E-state index in [1.165, 1.54) is 12.1 Å². The van der Waals surface area contributed by atoms with Crippen LogP contribution in [0, 0.1) is 46.2 Å². The first-order valence-corrected chi connectivity index (χ1v) is 24.8. The molecule has 6 heteroatoms.